The maximum atomic E-state index is 11.6. The van der Waals surface area contributed by atoms with Crippen LogP contribution < -0.4 is 16.0 Å². The molecule has 0 aromatic heterocycles. The van der Waals surface area contributed by atoms with E-state index >= 15 is 0 Å². The lowest BCUT2D eigenvalue weighted by Crippen LogP contribution is -2.52. The molecule has 5 nitrogen and oxygen atoms in total. The fourth-order valence-corrected chi connectivity index (χ4v) is 5.83. The molecule has 1 saturated heterocycles. The average Bonchev–Trinajstić information content (AvgIpc) is 2.80. The van der Waals surface area contributed by atoms with Gasteiger partial charge in [0.25, 0.3) is 0 Å². The van der Waals surface area contributed by atoms with E-state index in [0.717, 1.165) is 68.8 Å². The summed E-state index contributed by atoms with van der Waals surface area (Å²) in [5.41, 5.74) is 8.57. The minimum Gasteiger partial charge on any atom is -0.377 e. The highest BCUT2D eigenvalue weighted by Crippen LogP contribution is 2.34. The van der Waals surface area contributed by atoms with Gasteiger partial charge in [0.15, 0.2) is 0 Å². The summed E-state index contributed by atoms with van der Waals surface area (Å²) in [4.78, 5) is 16.6. The number of rotatable bonds is 6. The van der Waals surface area contributed by atoms with Crippen LogP contribution >= 0.6 is 34.8 Å². The summed E-state index contributed by atoms with van der Waals surface area (Å²) in [6, 6.07) is 12.1. The summed E-state index contributed by atoms with van der Waals surface area (Å²) in [5, 5.41) is 5.43. The van der Waals surface area contributed by atoms with Gasteiger partial charge in [-0.1, -0.05) is 47.3 Å². The van der Waals surface area contributed by atoms with E-state index in [0.29, 0.717) is 21.1 Å². The van der Waals surface area contributed by atoms with Gasteiger partial charge in [-0.05, 0) is 62.1 Å². The molecule has 3 atom stereocenters. The maximum Gasteiger partial charge on any atom is 0.220 e. The van der Waals surface area contributed by atoms with Crippen molar-refractivity contribution in [3.63, 3.8) is 0 Å². The van der Waals surface area contributed by atoms with Gasteiger partial charge < -0.3 is 16.0 Å². The van der Waals surface area contributed by atoms with Crippen LogP contribution in [-0.2, 0) is 4.79 Å². The normalized spacial score (nSPS) is 22.7. The van der Waals surface area contributed by atoms with E-state index < -0.39 is 0 Å². The van der Waals surface area contributed by atoms with Gasteiger partial charge in [0.1, 0.15) is 0 Å². The highest BCUT2D eigenvalue weighted by atomic mass is 35.5. The Hall–Kier alpha value is -1.66. The Kier molecular flexibility index (Phi) is 7.95. The number of carbonyl (C=O) groups is 1. The first-order chi connectivity index (χ1) is 15.8. The number of anilines is 2. The monoisotopic (exact) mass is 508 g/mol. The molecule has 1 saturated carbocycles. The van der Waals surface area contributed by atoms with Crippen molar-refractivity contribution in [3.05, 3.63) is 57.0 Å². The molecule has 1 heterocycles. The van der Waals surface area contributed by atoms with Gasteiger partial charge in [-0.15, -0.1) is 0 Å². The molecule has 4 rings (SSSR count). The predicted molar refractivity (Wildman–Crippen MR) is 139 cm³/mol. The second-order valence-electron chi connectivity index (χ2n) is 9.14. The first-order valence-electron chi connectivity index (χ1n) is 11.6. The number of hydrogen-bond donors (Lipinski definition) is 2. The standard InChI is InChI=1S/C25H31Cl3N4O/c1-16(21-7-5-18(26)14-23(21)28)30-24-15-20(6-8-22(24)27)32-11-9-31(10-12-32)19-4-2-3-17(13-19)25(29)33/h5-8,14-17,19,30H,2-4,9-13H2,1H3,(H2,29,33)/t16-,17-,19?/m1/s1. The maximum absolute atomic E-state index is 11.6. The molecule has 1 amide bonds. The SMILES string of the molecule is C[C@@H](Nc1cc(N2CCN(C3CCC[C@@H](C(N)=O)C3)CC2)ccc1Cl)c1ccc(Cl)cc1Cl. The van der Waals surface area contributed by atoms with Crippen molar-refractivity contribution in [2.75, 3.05) is 36.4 Å². The van der Waals surface area contributed by atoms with Crippen molar-refractivity contribution in [2.45, 2.75) is 44.7 Å². The van der Waals surface area contributed by atoms with E-state index in [9.17, 15) is 4.79 Å². The highest BCUT2D eigenvalue weighted by Gasteiger charge is 2.31. The van der Waals surface area contributed by atoms with Crippen molar-refractivity contribution < 1.29 is 4.79 Å². The number of nitrogens with one attached hydrogen (secondary N) is 1. The third-order valence-corrected chi connectivity index (χ3v) is 7.89. The van der Waals surface area contributed by atoms with Crippen LogP contribution in [0.5, 0.6) is 0 Å². The fraction of sp³-hybridized carbons (Fsp3) is 0.480. The van der Waals surface area contributed by atoms with Crippen LogP contribution in [0.1, 0.15) is 44.2 Å². The van der Waals surface area contributed by atoms with Crippen LogP contribution in [0.4, 0.5) is 11.4 Å². The van der Waals surface area contributed by atoms with Crippen molar-refractivity contribution in [1.29, 1.82) is 0 Å². The number of benzene rings is 2. The zero-order valence-corrected chi connectivity index (χ0v) is 21.1. The van der Waals surface area contributed by atoms with Gasteiger partial charge in [0, 0.05) is 53.9 Å². The lowest BCUT2D eigenvalue weighted by atomic mass is 9.84. The highest BCUT2D eigenvalue weighted by molar-refractivity contribution is 6.35. The molecule has 1 unspecified atom stereocenters. The number of piperazine rings is 1. The second kappa shape index (κ2) is 10.7. The van der Waals surface area contributed by atoms with E-state index in [1.165, 1.54) is 0 Å². The lowest BCUT2D eigenvalue weighted by Gasteiger charge is -2.42. The van der Waals surface area contributed by atoms with Crippen LogP contribution in [0.15, 0.2) is 36.4 Å². The first-order valence-corrected chi connectivity index (χ1v) is 12.7. The van der Waals surface area contributed by atoms with Gasteiger partial charge in [-0.2, -0.15) is 0 Å². The molecule has 1 aliphatic carbocycles. The zero-order chi connectivity index (χ0) is 23.5. The van der Waals surface area contributed by atoms with E-state index in [4.69, 9.17) is 40.5 Å². The molecule has 2 aliphatic rings. The smallest absolute Gasteiger partial charge is 0.220 e. The number of halogens is 3. The van der Waals surface area contributed by atoms with Gasteiger partial charge >= 0.3 is 0 Å². The molecular formula is C25H31Cl3N4O. The Bertz CT molecular complexity index is 994. The molecule has 2 aromatic rings. The van der Waals surface area contributed by atoms with Crippen LogP contribution in [0.2, 0.25) is 15.1 Å². The molecule has 0 radical (unpaired) electrons. The summed E-state index contributed by atoms with van der Waals surface area (Å²) in [5.74, 6) is -0.114. The first kappa shape index (κ1) is 24.5. The predicted octanol–water partition coefficient (Wildman–Crippen LogP) is 5.99. The Morgan fingerprint density at radius 2 is 1.79 bits per heavy atom. The Morgan fingerprint density at radius 1 is 1.03 bits per heavy atom. The molecule has 3 N–H and O–H groups in total. The summed E-state index contributed by atoms with van der Waals surface area (Å²) in [6.45, 7) is 5.91. The van der Waals surface area contributed by atoms with E-state index in [1.54, 1.807) is 6.07 Å². The van der Waals surface area contributed by atoms with E-state index in [2.05, 4.69) is 34.2 Å². The largest absolute Gasteiger partial charge is 0.377 e. The quantitative estimate of drug-likeness (QED) is 0.502. The molecule has 33 heavy (non-hydrogen) atoms. The van der Waals surface area contributed by atoms with Crippen molar-refractivity contribution in [2.24, 2.45) is 11.7 Å². The van der Waals surface area contributed by atoms with Crippen LogP contribution in [0.3, 0.4) is 0 Å². The fourth-order valence-electron chi connectivity index (χ4n) is 5.08. The second-order valence-corrected chi connectivity index (χ2v) is 10.4. The Balaban J connectivity index is 1.39. The number of hydrogen-bond acceptors (Lipinski definition) is 4. The summed E-state index contributed by atoms with van der Waals surface area (Å²) in [7, 11) is 0. The topological polar surface area (TPSA) is 61.6 Å². The third-order valence-electron chi connectivity index (χ3n) is 7.00. The molecule has 0 bridgehead atoms. The summed E-state index contributed by atoms with van der Waals surface area (Å²) >= 11 is 18.9. The number of amides is 1. The van der Waals surface area contributed by atoms with E-state index in [1.807, 2.05) is 18.2 Å². The van der Waals surface area contributed by atoms with Gasteiger partial charge in [0.2, 0.25) is 5.91 Å². The van der Waals surface area contributed by atoms with Crippen LogP contribution in [0.25, 0.3) is 0 Å². The lowest BCUT2D eigenvalue weighted by molar-refractivity contribution is -0.123. The third kappa shape index (κ3) is 5.89. The Morgan fingerprint density at radius 3 is 2.48 bits per heavy atom. The molecule has 1 aliphatic heterocycles. The minimum absolute atomic E-state index is 0.0242. The number of primary amides is 1. The molecule has 178 valence electrons. The number of nitrogens with two attached hydrogens (primary N) is 1. The van der Waals surface area contributed by atoms with Crippen molar-refractivity contribution in [1.82, 2.24) is 4.90 Å². The minimum atomic E-state index is -0.145. The average molecular weight is 510 g/mol. The molecule has 2 aromatic carbocycles. The molecule has 0 spiro atoms. The van der Waals surface area contributed by atoms with Crippen molar-refractivity contribution in [3.8, 4) is 0 Å². The Labute approximate surface area is 211 Å². The van der Waals surface area contributed by atoms with Crippen LogP contribution in [0, 0.1) is 5.92 Å². The van der Waals surface area contributed by atoms with Crippen molar-refractivity contribution >= 4 is 52.1 Å². The summed E-state index contributed by atoms with van der Waals surface area (Å²) < 4.78 is 0. The zero-order valence-electron chi connectivity index (χ0n) is 18.9. The van der Waals surface area contributed by atoms with Crippen LogP contribution in [-0.4, -0.2) is 43.0 Å². The van der Waals surface area contributed by atoms with E-state index in [-0.39, 0.29) is 17.9 Å². The summed E-state index contributed by atoms with van der Waals surface area (Å²) in [6.07, 6.45) is 4.08. The molecule has 8 heteroatoms. The number of carbonyl (C=O) groups excluding carboxylic acids is 1. The number of nitrogens with zero attached hydrogens (tertiary/aromatic N) is 2. The van der Waals surface area contributed by atoms with Gasteiger partial charge in [-0.25, -0.2) is 0 Å². The van der Waals surface area contributed by atoms with Gasteiger partial charge in [0.05, 0.1) is 16.8 Å². The molecule has 2 fully saturated rings. The van der Waals surface area contributed by atoms with Gasteiger partial charge in [-0.3, -0.25) is 9.69 Å². The molecular weight excluding hydrogens is 479 g/mol.